The molecular formula is C7H8O3S2. The summed E-state index contributed by atoms with van der Waals surface area (Å²) in [5.41, 5.74) is 0. The quantitative estimate of drug-likeness (QED) is 0.562. The second-order valence-corrected chi connectivity index (χ2v) is 3.31. The molecule has 3 nitrogen and oxygen atoms in total. The summed E-state index contributed by atoms with van der Waals surface area (Å²) in [5, 5.41) is 10.3. The molecule has 0 radical (unpaired) electrons. The summed E-state index contributed by atoms with van der Waals surface area (Å²) in [7, 11) is 0. The highest BCUT2D eigenvalue weighted by molar-refractivity contribution is 7.85. The molecule has 0 bridgehead atoms. The highest BCUT2D eigenvalue weighted by Gasteiger charge is 2.00. The van der Waals surface area contributed by atoms with Crippen LogP contribution in [-0.4, -0.2) is 16.6 Å². The van der Waals surface area contributed by atoms with Crippen molar-refractivity contribution in [3.05, 3.63) is 27.3 Å². The largest absolute Gasteiger partial charge is 0.477 e. The van der Waals surface area contributed by atoms with Gasteiger partial charge in [-0.1, -0.05) is 6.07 Å². The van der Waals surface area contributed by atoms with Gasteiger partial charge in [0.25, 0.3) is 0 Å². The lowest BCUT2D eigenvalue weighted by Gasteiger charge is -1.88. The summed E-state index contributed by atoms with van der Waals surface area (Å²) in [6.45, 7) is 0. The van der Waals surface area contributed by atoms with Crippen LogP contribution in [0.1, 0.15) is 4.88 Å². The molecule has 0 atom stereocenters. The molecule has 1 heterocycles. The van der Waals surface area contributed by atoms with E-state index in [9.17, 15) is 4.79 Å². The first-order valence-corrected chi connectivity index (χ1v) is 4.20. The van der Waals surface area contributed by atoms with Gasteiger partial charge in [-0.3, -0.25) is 0 Å². The number of hydrogen-bond donors (Lipinski definition) is 2. The summed E-state index contributed by atoms with van der Waals surface area (Å²) in [6.07, 6.45) is 1.52. The molecule has 0 amide bonds. The SMILES string of the molecule is O.O=C(O)C(S)=Cc1cccs1. The van der Waals surface area contributed by atoms with Crippen LogP contribution < -0.4 is 0 Å². The minimum atomic E-state index is -0.998. The number of carboxylic acids is 1. The Hall–Kier alpha value is -0.780. The van der Waals surface area contributed by atoms with Crippen molar-refractivity contribution in [1.82, 2.24) is 0 Å². The van der Waals surface area contributed by atoms with E-state index in [1.807, 2.05) is 17.5 Å². The molecule has 0 aromatic carbocycles. The van der Waals surface area contributed by atoms with Crippen LogP contribution in [0.4, 0.5) is 0 Å². The van der Waals surface area contributed by atoms with Crippen LogP contribution in [0.3, 0.4) is 0 Å². The third-order valence-corrected chi connectivity index (χ3v) is 2.18. The number of thiol groups is 1. The van der Waals surface area contributed by atoms with Crippen LogP contribution in [0.5, 0.6) is 0 Å². The third kappa shape index (κ3) is 3.08. The van der Waals surface area contributed by atoms with Crippen molar-refractivity contribution in [3.63, 3.8) is 0 Å². The Balaban J connectivity index is 0.00000121. The fourth-order valence-corrected chi connectivity index (χ4v) is 1.45. The number of carbonyl (C=O) groups is 1. The second-order valence-electron chi connectivity index (χ2n) is 1.85. The number of hydrogen-bond acceptors (Lipinski definition) is 3. The summed E-state index contributed by atoms with van der Waals surface area (Å²) < 4.78 is 0. The monoisotopic (exact) mass is 204 g/mol. The Bertz CT molecular complexity index is 277. The molecule has 3 N–H and O–H groups in total. The van der Waals surface area contributed by atoms with E-state index in [4.69, 9.17) is 5.11 Å². The van der Waals surface area contributed by atoms with Gasteiger partial charge in [-0.15, -0.1) is 24.0 Å². The van der Waals surface area contributed by atoms with E-state index in [0.29, 0.717) is 0 Å². The Morgan fingerprint density at radius 1 is 1.67 bits per heavy atom. The Labute approximate surface area is 79.1 Å². The molecule has 0 fully saturated rings. The molecule has 0 aliphatic heterocycles. The minimum Gasteiger partial charge on any atom is -0.477 e. The van der Waals surface area contributed by atoms with Crippen LogP contribution in [0, 0.1) is 0 Å². The van der Waals surface area contributed by atoms with Crippen molar-refractivity contribution >= 4 is 36.0 Å². The van der Waals surface area contributed by atoms with E-state index >= 15 is 0 Å². The zero-order valence-electron chi connectivity index (χ0n) is 6.02. The van der Waals surface area contributed by atoms with E-state index < -0.39 is 5.97 Å². The molecule has 0 unspecified atom stereocenters. The highest BCUT2D eigenvalue weighted by atomic mass is 32.1. The molecular weight excluding hydrogens is 196 g/mol. The average molecular weight is 204 g/mol. The summed E-state index contributed by atoms with van der Waals surface area (Å²) in [4.78, 5) is 11.2. The van der Waals surface area contributed by atoms with Gasteiger partial charge in [0.15, 0.2) is 0 Å². The molecule has 1 aromatic heterocycles. The van der Waals surface area contributed by atoms with Crippen molar-refractivity contribution in [2.24, 2.45) is 0 Å². The lowest BCUT2D eigenvalue weighted by Crippen LogP contribution is -1.92. The number of rotatable bonds is 2. The third-order valence-electron chi connectivity index (χ3n) is 1.04. The molecule has 0 saturated heterocycles. The van der Waals surface area contributed by atoms with Gasteiger partial charge >= 0.3 is 5.97 Å². The van der Waals surface area contributed by atoms with Crippen LogP contribution in [0.2, 0.25) is 0 Å². The van der Waals surface area contributed by atoms with Gasteiger partial charge in [0, 0.05) is 4.88 Å². The maximum Gasteiger partial charge on any atom is 0.341 e. The number of aliphatic carboxylic acids is 1. The van der Waals surface area contributed by atoms with E-state index in [2.05, 4.69) is 12.6 Å². The van der Waals surface area contributed by atoms with Crippen LogP contribution in [-0.2, 0) is 4.79 Å². The van der Waals surface area contributed by atoms with Gasteiger partial charge in [-0.25, -0.2) is 4.79 Å². The average Bonchev–Trinajstić information content (AvgIpc) is 2.39. The maximum atomic E-state index is 10.3. The molecule has 5 heteroatoms. The Morgan fingerprint density at radius 3 is 2.75 bits per heavy atom. The molecule has 1 rings (SSSR count). The summed E-state index contributed by atoms with van der Waals surface area (Å²) in [6, 6.07) is 3.70. The van der Waals surface area contributed by atoms with E-state index in [0.717, 1.165) is 4.88 Å². The van der Waals surface area contributed by atoms with Gasteiger partial charge in [0.05, 0.1) is 4.91 Å². The van der Waals surface area contributed by atoms with Gasteiger partial charge < -0.3 is 10.6 Å². The van der Waals surface area contributed by atoms with Gasteiger partial charge in [0.1, 0.15) is 0 Å². The van der Waals surface area contributed by atoms with Crippen LogP contribution in [0.25, 0.3) is 6.08 Å². The summed E-state index contributed by atoms with van der Waals surface area (Å²) >= 11 is 5.26. The van der Waals surface area contributed by atoms with Crippen molar-refractivity contribution in [3.8, 4) is 0 Å². The molecule has 0 aliphatic rings. The van der Waals surface area contributed by atoms with E-state index in [1.165, 1.54) is 17.4 Å². The first-order valence-electron chi connectivity index (χ1n) is 2.87. The molecule has 0 spiro atoms. The lowest BCUT2D eigenvalue weighted by molar-refractivity contribution is -0.131. The normalized spacial score (nSPS) is 10.6. The van der Waals surface area contributed by atoms with Crippen LogP contribution in [0.15, 0.2) is 22.4 Å². The van der Waals surface area contributed by atoms with Crippen molar-refractivity contribution < 1.29 is 15.4 Å². The molecule has 1 aromatic rings. The fraction of sp³-hybridized carbons (Fsp3) is 0. The zero-order valence-corrected chi connectivity index (χ0v) is 7.73. The topological polar surface area (TPSA) is 68.8 Å². The van der Waals surface area contributed by atoms with Gasteiger partial charge in [-0.05, 0) is 17.5 Å². The first kappa shape index (κ1) is 11.2. The molecule has 12 heavy (non-hydrogen) atoms. The zero-order chi connectivity index (χ0) is 8.27. The predicted molar refractivity (Wildman–Crippen MR) is 52.5 cm³/mol. The Kier molecular flexibility index (Phi) is 4.65. The van der Waals surface area contributed by atoms with E-state index in [-0.39, 0.29) is 10.4 Å². The maximum absolute atomic E-state index is 10.3. The molecule has 66 valence electrons. The van der Waals surface area contributed by atoms with Crippen molar-refractivity contribution in [1.29, 1.82) is 0 Å². The standard InChI is InChI=1S/C7H6O2S2.H2O/c8-7(9)6(10)4-5-2-1-3-11-5;/h1-4,10H,(H,8,9);1H2. The second kappa shape index (κ2) is 4.97. The smallest absolute Gasteiger partial charge is 0.341 e. The van der Waals surface area contributed by atoms with Gasteiger partial charge in [-0.2, -0.15) is 0 Å². The van der Waals surface area contributed by atoms with Crippen LogP contribution >= 0.6 is 24.0 Å². The number of thiophene rings is 1. The first-order chi connectivity index (χ1) is 5.20. The van der Waals surface area contributed by atoms with Gasteiger partial charge in [0.2, 0.25) is 0 Å². The number of carboxylic acid groups (broad SMARTS) is 1. The predicted octanol–water partition coefficient (Wildman–Crippen LogP) is 1.28. The lowest BCUT2D eigenvalue weighted by atomic mass is 10.4. The van der Waals surface area contributed by atoms with E-state index in [1.54, 1.807) is 0 Å². The summed E-state index contributed by atoms with van der Waals surface area (Å²) in [5.74, 6) is -0.998. The van der Waals surface area contributed by atoms with Crippen molar-refractivity contribution in [2.75, 3.05) is 0 Å². The van der Waals surface area contributed by atoms with Crippen molar-refractivity contribution in [2.45, 2.75) is 0 Å². The molecule has 0 saturated carbocycles. The highest BCUT2D eigenvalue weighted by Crippen LogP contribution is 2.14. The molecule has 0 aliphatic carbocycles. The Morgan fingerprint density at radius 2 is 2.33 bits per heavy atom. The minimum absolute atomic E-state index is 0. The fourth-order valence-electron chi connectivity index (χ4n) is 0.570.